The predicted octanol–water partition coefficient (Wildman–Crippen LogP) is -1.68. The Labute approximate surface area is 356 Å². The summed E-state index contributed by atoms with van der Waals surface area (Å²) in [6.07, 6.45) is 4.17. The summed E-state index contributed by atoms with van der Waals surface area (Å²) in [5.74, 6) is -0.562. The average Bonchev–Trinajstić information content (AvgIpc) is 3.01. The molecule has 21 nitrogen and oxygen atoms in total. The third-order valence-electron chi connectivity index (χ3n) is 7.86. The Hall–Kier alpha value is -3.23. The van der Waals surface area contributed by atoms with Crippen LogP contribution in [-0.4, -0.2) is 49.8 Å². The number of hydrogen-bond donors (Lipinski definition) is 2. The summed E-state index contributed by atoms with van der Waals surface area (Å²) in [6, 6.07) is 3.63. The van der Waals surface area contributed by atoms with E-state index in [2.05, 4.69) is 9.05 Å². The van der Waals surface area contributed by atoms with Crippen molar-refractivity contribution < 1.29 is 71.9 Å². The molecule has 322 valence electrons. The number of phosphoric acid groups is 1. The Morgan fingerprint density at radius 3 is 1.19 bits per heavy atom. The first-order chi connectivity index (χ1) is 25.6. The molecule has 0 saturated carbocycles. The standard InChI is InChI=1S/C15H24N2O4.C10H17N2O5P.C9H15N2O6P.Na/c1-10(2)11(3)13(19)21-9-16-12(18)7-8-17(14(16)20)15(4,5)6;1-10(2,3)12-6-5-8(13)11(9(12)14)7-17-18(4,15)16;1-9(2,3)11-5-4-7(12)10(8(11)13)6-17-18(14,15)16;/h7-8,10-11H,9H2,1-6H3;5-6H,7H2,1-4H3,(H,15,16);4-5H,6H2,1-3H3,(H2,14,15,16);/q;;;+1/p-1. The first-order valence-corrected chi connectivity index (χ1v) is 20.9. The van der Waals surface area contributed by atoms with Gasteiger partial charge in [0, 0.05) is 60.1 Å². The zero-order valence-electron chi connectivity index (χ0n) is 35.5. The van der Waals surface area contributed by atoms with Gasteiger partial charge in [0.05, 0.1) is 5.92 Å². The van der Waals surface area contributed by atoms with Crippen molar-refractivity contribution in [1.29, 1.82) is 0 Å². The fraction of sp³-hybridized carbons (Fsp3) is 0.618. The Balaban J connectivity index is 0.000000837. The summed E-state index contributed by atoms with van der Waals surface area (Å²) >= 11 is 0. The minimum absolute atomic E-state index is 0. The monoisotopic (exact) mass is 872 g/mol. The van der Waals surface area contributed by atoms with Gasteiger partial charge in [-0.05, 0) is 68.2 Å². The summed E-state index contributed by atoms with van der Waals surface area (Å²) in [5, 5.41) is 0. The molecule has 2 N–H and O–H groups in total. The van der Waals surface area contributed by atoms with Gasteiger partial charge >= 0.3 is 60.4 Å². The van der Waals surface area contributed by atoms with Crippen molar-refractivity contribution in [1.82, 2.24) is 27.4 Å². The second kappa shape index (κ2) is 21.3. The van der Waals surface area contributed by atoms with Gasteiger partial charge < -0.3 is 28.5 Å². The van der Waals surface area contributed by atoms with Crippen LogP contribution in [-0.2, 0) is 64.5 Å². The molecule has 0 radical (unpaired) electrons. The number of carbonyl (C=O) groups excluding carboxylic acids is 1. The van der Waals surface area contributed by atoms with Crippen LogP contribution in [0.3, 0.4) is 0 Å². The molecule has 3 aromatic rings. The minimum Gasteiger partial charge on any atom is -0.779 e. The van der Waals surface area contributed by atoms with E-state index in [1.807, 2.05) is 34.6 Å². The van der Waals surface area contributed by atoms with Crippen molar-refractivity contribution in [2.45, 2.75) is 120 Å². The smallest absolute Gasteiger partial charge is 0.779 e. The SMILES string of the molecule is CC(C)(C)n1ccc(=O)n(COP(=O)(O)O)c1=O.CC(C)(C)n1ccc(=O)n(COP(C)(=O)[O-])c1=O.CC(C)C(C)C(=O)OCn1c(=O)ccn(C(C)(C)C)c1=O.[Na+]. The zero-order chi connectivity index (χ0) is 44.6. The molecular formula is C34H55N6NaO15P2. The minimum atomic E-state index is -4.73. The Bertz CT molecular complexity index is 2220. The zero-order valence-corrected chi connectivity index (χ0v) is 39.3. The number of esters is 1. The van der Waals surface area contributed by atoms with Gasteiger partial charge in [-0.2, -0.15) is 0 Å². The quantitative estimate of drug-likeness (QED) is 0.131. The molecule has 0 spiro atoms. The molecule has 0 amide bonds. The Kier molecular flexibility index (Phi) is 20.1. The predicted molar refractivity (Wildman–Crippen MR) is 208 cm³/mol. The van der Waals surface area contributed by atoms with E-state index in [9.17, 15) is 47.6 Å². The number of ether oxygens (including phenoxy) is 1. The van der Waals surface area contributed by atoms with Crippen LogP contribution < -0.4 is 68.2 Å². The molecule has 0 saturated heterocycles. The summed E-state index contributed by atoms with van der Waals surface area (Å²) in [4.78, 5) is 111. The Morgan fingerprint density at radius 2 is 0.931 bits per heavy atom. The van der Waals surface area contributed by atoms with Gasteiger partial charge in [-0.15, -0.1) is 0 Å². The number of aromatic nitrogens is 6. The number of rotatable bonds is 10. The average molecular weight is 873 g/mol. The van der Waals surface area contributed by atoms with Gasteiger partial charge in [0.1, 0.15) is 21.1 Å². The topological polar surface area (TPSA) is 274 Å². The van der Waals surface area contributed by atoms with Crippen LogP contribution >= 0.6 is 15.4 Å². The van der Waals surface area contributed by atoms with Crippen molar-refractivity contribution >= 4 is 21.4 Å². The van der Waals surface area contributed by atoms with E-state index in [0.717, 1.165) is 21.9 Å². The van der Waals surface area contributed by atoms with Crippen molar-refractivity contribution in [3.05, 3.63) is 99.3 Å². The normalized spacial score (nSPS) is 13.5. The number of nitrogens with zero attached hydrogens (tertiary/aromatic N) is 6. The van der Waals surface area contributed by atoms with Crippen LogP contribution in [0, 0.1) is 11.8 Å². The van der Waals surface area contributed by atoms with Gasteiger partial charge in [-0.1, -0.05) is 20.8 Å². The van der Waals surface area contributed by atoms with Crippen LogP contribution in [0.4, 0.5) is 0 Å². The van der Waals surface area contributed by atoms with E-state index >= 15 is 0 Å². The summed E-state index contributed by atoms with van der Waals surface area (Å²) in [5.41, 5.74) is -5.09. The van der Waals surface area contributed by atoms with Gasteiger partial charge in [0.15, 0.2) is 6.73 Å². The first kappa shape index (κ1) is 54.8. The maximum Gasteiger partial charge on any atom is 1.00 e. The first-order valence-electron chi connectivity index (χ1n) is 17.4. The molecule has 0 aromatic carbocycles. The maximum absolute atomic E-state index is 12.3. The molecule has 3 rings (SSSR count). The second-order valence-electron chi connectivity index (χ2n) is 16.1. The largest absolute Gasteiger partial charge is 1.00 e. The molecule has 2 atom stereocenters. The van der Waals surface area contributed by atoms with E-state index in [4.69, 9.17) is 14.5 Å². The maximum atomic E-state index is 12.3. The van der Waals surface area contributed by atoms with Crippen molar-refractivity contribution in [3.8, 4) is 0 Å². The molecule has 0 fully saturated rings. The van der Waals surface area contributed by atoms with E-state index in [0.29, 0.717) is 4.57 Å². The number of carbonyl (C=O) groups is 1. The number of phosphoric ester groups is 1. The molecule has 58 heavy (non-hydrogen) atoms. The molecule has 0 aliphatic carbocycles. The molecule has 0 aliphatic rings. The van der Waals surface area contributed by atoms with Crippen molar-refractivity contribution in [3.63, 3.8) is 0 Å². The fourth-order valence-corrected chi connectivity index (χ4v) is 4.86. The number of hydrogen-bond acceptors (Lipinski definition) is 13. The summed E-state index contributed by atoms with van der Waals surface area (Å²) in [7, 11) is -8.72. The van der Waals surface area contributed by atoms with Crippen LogP contribution in [0.5, 0.6) is 0 Å². The fourth-order valence-electron chi connectivity index (χ4n) is 4.26. The Morgan fingerprint density at radius 1 is 0.638 bits per heavy atom. The van der Waals surface area contributed by atoms with Crippen LogP contribution in [0.15, 0.2) is 65.6 Å². The van der Waals surface area contributed by atoms with E-state index < -0.39 is 85.2 Å². The van der Waals surface area contributed by atoms with Gasteiger partial charge in [0.2, 0.25) is 0 Å². The summed E-state index contributed by atoms with van der Waals surface area (Å²) in [6.45, 7) is 20.9. The van der Waals surface area contributed by atoms with Gasteiger partial charge in [0.25, 0.3) is 16.7 Å². The van der Waals surface area contributed by atoms with Crippen LogP contribution in [0.2, 0.25) is 0 Å². The summed E-state index contributed by atoms with van der Waals surface area (Å²) < 4.78 is 41.5. The molecule has 2 unspecified atom stereocenters. The van der Waals surface area contributed by atoms with Crippen LogP contribution in [0.25, 0.3) is 0 Å². The third-order valence-corrected chi connectivity index (χ3v) is 8.90. The molecule has 0 aliphatic heterocycles. The van der Waals surface area contributed by atoms with Gasteiger partial charge in [-0.3, -0.25) is 37.4 Å². The molecular weight excluding hydrogens is 817 g/mol. The van der Waals surface area contributed by atoms with Crippen molar-refractivity contribution in [2.24, 2.45) is 11.8 Å². The van der Waals surface area contributed by atoms with E-state index in [1.165, 1.54) is 44.4 Å². The second-order valence-corrected chi connectivity index (χ2v) is 19.2. The van der Waals surface area contributed by atoms with E-state index in [-0.39, 0.29) is 48.1 Å². The van der Waals surface area contributed by atoms with Gasteiger partial charge in [-0.25, -0.2) is 32.6 Å². The van der Waals surface area contributed by atoms with Crippen LogP contribution in [0.1, 0.15) is 83.1 Å². The van der Waals surface area contributed by atoms with Crippen molar-refractivity contribution in [2.75, 3.05) is 6.66 Å². The molecule has 24 heteroatoms. The molecule has 3 aromatic heterocycles. The molecule has 0 bridgehead atoms. The third kappa shape index (κ3) is 17.2. The van der Waals surface area contributed by atoms with E-state index in [1.54, 1.807) is 48.5 Å². The molecule has 3 heterocycles.